The van der Waals surface area contributed by atoms with Gasteiger partial charge >= 0.3 is 0 Å². The number of hydrogen-bond donors (Lipinski definition) is 0. The molecule has 4 nitrogen and oxygen atoms in total. The number of hydrogen-bond acceptors (Lipinski definition) is 3. The Morgan fingerprint density at radius 2 is 1.65 bits per heavy atom. The maximum atomic E-state index is 13.3. The number of piperidine rings is 1. The summed E-state index contributed by atoms with van der Waals surface area (Å²) in [6, 6.07) is 4.94. The average Bonchev–Trinajstić information content (AvgIpc) is 3.12. The predicted octanol–water partition coefficient (Wildman–Crippen LogP) is 8.30. The van der Waals surface area contributed by atoms with Crippen molar-refractivity contribution < 1.29 is 27.4 Å². The maximum Gasteiger partial charge on any atom is 0.253 e. The van der Waals surface area contributed by atoms with Gasteiger partial charge in [0.05, 0.1) is 7.11 Å². The molecule has 0 spiro atoms. The van der Waals surface area contributed by atoms with E-state index < -0.39 is 18.3 Å². The summed E-state index contributed by atoms with van der Waals surface area (Å²) in [7, 11) is 1.48. The fraction of sp³-hybridized carbons (Fsp3) is 0.367. The van der Waals surface area contributed by atoms with Gasteiger partial charge in [0.1, 0.15) is 18.3 Å². The number of nitrogens with zero attached hydrogens (tertiary/aromatic N) is 1. The lowest BCUT2D eigenvalue weighted by atomic mass is 10.1. The Kier molecular flexibility index (Phi) is 21.9. The normalized spacial score (nSPS) is 13.6. The van der Waals surface area contributed by atoms with Crippen molar-refractivity contribution in [3.05, 3.63) is 84.7 Å². The summed E-state index contributed by atoms with van der Waals surface area (Å²) in [6.45, 7) is 13.5. The number of carbonyl (C=O) groups excluding carboxylic acids is 1. The van der Waals surface area contributed by atoms with Crippen LogP contribution in [-0.2, 0) is 0 Å². The number of amides is 1. The number of ether oxygens (including phenoxy) is 2. The van der Waals surface area contributed by atoms with Crippen LogP contribution in [0.2, 0.25) is 0 Å². The van der Waals surface area contributed by atoms with E-state index in [0.717, 1.165) is 38.4 Å². The second-order valence-electron chi connectivity index (χ2n) is 7.07. The third kappa shape index (κ3) is 13.9. The van der Waals surface area contributed by atoms with Gasteiger partial charge in [-0.1, -0.05) is 26.0 Å². The van der Waals surface area contributed by atoms with Crippen molar-refractivity contribution in [2.24, 2.45) is 0 Å². The minimum Gasteiger partial charge on any atom is -0.493 e. The Bertz CT molecular complexity index is 927. The standard InChI is InChI=1S/C20H21F2NO3.C3H5F.C3H6.C2H6.C2H2/c1-25-19-13-14(20(24)23-11-3-2-4-12-23)5-10-18(19)26-15-6-8-16(21)17(22)9-7-15;1-2-3-4;1-3-2;2*1-2/h5-8,10,13H,2-4,9,11-12H2,1H3;2H,1,3H2;3H,1H2,2H3;1-2H3;1-2H. The molecule has 1 aliphatic carbocycles. The van der Waals surface area contributed by atoms with Crippen LogP contribution in [0.25, 0.3) is 0 Å². The number of benzene rings is 1. The van der Waals surface area contributed by atoms with E-state index in [-0.39, 0.29) is 12.3 Å². The lowest BCUT2D eigenvalue weighted by Gasteiger charge is -2.27. The Labute approximate surface area is 220 Å². The van der Waals surface area contributed by atoms with Crippen molar-refractivity contribution in [1.29, 1.82) is 0 Å². The second kappa shape index (κ2) is 22.8. The van der Waals surface area contributed by atoms with Crippen molar-refractivity contribution >= 4 is 5.91 Å². The predicted molar refractivity (Wildman–Crippen MR) is 148 cm³/mol. The van der Waals surface area contributed by atoms with Crippen molar-refractivity contribution in [2.75, 3.05) is 26.9 Å². The maximum absolute atomic E-state index is 13.3. The second-order valence-corrected chi connectivity index (χ2v) is 7.07. The van der Waals surface area contributed by atoms with Gasteiger partial charge in [0.25, 0.3) is 5.91 Å². The molecule has 1 aromatic carbocycles. The van der Waals surface area contributed by atoms with Crippen LogP contribution in [0.4, 0.5) is 13.2 Å². The van der Waals surface area contributed by atoms with Gasteiger partial charge in [0.15, 0.2) is 17.3 Å². The zero-order chi connectivity index (χ0) is 28.6. The van der Waals surface area contributed by atoms with Gasteiger partial charge in [0, 0.05) is 25.1 Å². The molecule has 204 valence electrons. The highest BCUT2D eigenvalue weighted by atomic mass is 19.2. The molecule has 1 fully saturated rings. The molecule has 0 bridgehead atoms. The first-order valence-corrected chi connectivity index (χ1v) is 12.1. The summed E-state index contributed by atoms with van der Waals surface area (Å²) in [5.41, 5.74) is 0.528. The van der Waals surface area contributed by atoms with Crippen LogP contribution in [0.1, 0.15) is 56.8 Å². The molecule has 37 heavy (non-hydrogen) atoms. The molecule has 0 atom stereocenters. The zero-order valence-electron chi connectivity index (χ0n) is 22.4. The smallest absolute Gasteiger partial charge is 0.253 e. The van der Waals surface area contributed by atoms with E-state index in [1.165, 1.54) is 25.3 Å². The number of methoxy groups -OCH3 is 1. The minimum absolute atomic E-state index is 0.0310. The molecule has 7 heteroatoms. The first-order chi connectivity index (χ1) is 17.9. The number of allylic oxidation sites excluding steroid dienone is 7. The monoisotopic (exact) mass is 519 g/mol. The molecule has 0 radical (unpaired) electrons. The van der Waals surface area contributed by atoms with E-state index >= 15 is 0 Å². The largest absolute Gasteiger partial charge is 0.493 e. The molecular weight excluding hydrogens is 479 g/mol. The fourth-order valence-electron chi connectivity index (χ4n) is 2.97. The van der Waals surface area contributed by atoms with Gasteiger partial charge in [-0.2, -0.15) is 0 Å². The molecule has 1 heterocycles. The average molecular weight is 520 g/mol. The summed E-state index contributed by atoms with van der Waals surface area (Å²) in [4.78, 5) is 14.4. The molecule has 1 aliphatic heterocycles. The van der Waals surface area contributed by atoms with Crippen LogP contribution in [0, 0.1) is 12.8 Å². The number of rotatable bonds is 5. The Hall–Kier alpha value is -3.66. The first kappa shape index (κ1) is 35.5. The number of halogens is 3. The topological polar surface area (TPSA) is 38.8 Å². The molecule has 0 aromatic heterocycles. The van der Waals surface area contributed by atoms with Gasteiger partial charge < -0.3 is 14.4 Å². The summed E-state index contributed by atoms with van der Waals surface area (Å²) >= 11 is 0. The summed E-state index contributed by atoms with van der Waals surface area (Å²) in [6.07, 6.45) is 17.8. The van der Waals surface area contributed by atoms with Crippen molar-refractivity contribution in [1.82, 2.24) is 4.90 Å². The van der Waals surface area contributed by atoms with E-state index in [4.69, 9.17) is 9.47 Å². The van der Waals surface area contributed by atoms with Crippen molar-refractivity contribution in [2.45, 2.75) is 46.5 Å². The van der Waals surface area contributed by atoms with Crippen LogP contribution >= 0.6 is 0 Å². The van der Waals surface area contributed by atoms with Crippen molar-refractivity contribution in [3.8, 4) is 24.3 Å². The third-order valence-corrected chi connectivity index (χ3v) is 4.53. The Balaban J connectivity index is 0. The van der Waals surface area contributed by atoms with Crippen LogP contribution in [-0.4, -0.2) is 37.7 Å². The van der Waals surface area contributed by atoms with E-state index in [2.05, 4.69) is 26.0 Å². The molecule has 1 saturated heterocycles. The minimum atomic E-state index is -0.908. The summed E-state index contributed by atoms with van der Waals surface area (Å²) in [5.74, 6) is -0.706. The van der Waals surface area contributed by atoms with E-state index in [9.17, 15) is 18.0 Å². The van der Waals surface area contributed by atoms with E-state index in [0.29, 0.717) is 22.8 Å². The van der Waals surface area contributed by atoms with E-state index in [1.54, 1.807) is 24.3 Å². The fourth-order valence-corrected chi connectivity index (χ4v) is 2.97. The molecular formula is C30H40F3NO3. The van der Waals surface area contributed by atoms with Gasteiger partial charge in [-0.05, 0) is 62.6 Å². The molecule has 2 aliphatic rings. The zero-order valence-corrected chi connectivity index (χ0v) is 22.4. The Morgan fingerprint density at radius 3 is 2.16 bits per heavy atom. The first-order valence-electron chi connectivity index (χ1n) is 12.1. The summed E-state index contributed by atoms with van der Waals surface area (Å²) < 4.78 is 48.2. The molecule has 3 rings (SSSR count). The highest BCUT2D eigenvalue weighted by Gasteiger charge is 2.20. The lowest BCUT2D eigenvalue weighted by molar-refractivity contribution is 0.0724. The third-order valence-electron chi connectivity index (χ3n) is 4.53. The summed E-state index contributed by atoms with van der Waals surface area (Å²) in [5, 5.41) is 0. The van der Waals surface area contributed by atoms with Crippen LogP contribution < -0.4 is 9.47 Å². The number of likely N-dealkylation sites (tertiary alicyclic amines) is 1. The molecule has 0 N–H and O–H groups in total. The number of carbonyl (C=O) groups is 1. The molecule has 0 unspecified atom stereocenters. The van der Waals surface area contributed by atoms with Gasteiger partial charge in [-0.25, -0.2) is 13.2 Å². The van der Waals surface area contributed by atoms with Crippen molar-refractivity contribution in [3.63, 3.8) is 0 Å². The highest BCUT2D eigenvalue weighted by molar-refractivity contribution is 5.95. The number of terminal acetylenes is 1. The van der Waals surface area contributed by atoms with Gasteiger partial charge in [0.2, 0.25) is 0 Å². The quantitative estimate of drug-likeness (QED) is 0.290. The van der Waals surface area contributed by atoms with Crippen LogP contribution in [0.3, 0.4) is 0 Å². The van der Waals surface area contributed by atoms with Gasteiger partial charge in [-0.15, -0.1) is 26.0 Å². The number of alkyl halides is 1. The highest BCUT2D eigenvalue weighted by Crippen LogP contribution is 2.31. The molecule has 1 aromatic rings. The SMILES string of the molecule is C#C.C=CC.C=CCF.CC.COc1cc(C(=O)N2CCCCC2)ccc1OC1=CCC(F)=C(F)C=C1. The molecule has 1 amide bonds. The molecule has 0 saturated carbocycles. The van der Waals surface area contributed by atoms with Crippen LogP contribution in [0.5, 0.6) is 11.5 Å². The van der Waals surface area contributed by atoms with E-state index in [1.807, 2.05) is 25.7 Å². The van der Waals surface area contributed by atoms with Crippen LogP contribution in [0.15, 0.2) is 79.1 Å². The van der Waals surface area contributed by atoms with Gasteiger partial charge in [-0.3, -0.25) is 4.79 Å². The lowest BCUT2D eigenvalue weighted by Crippen LogP contribution is -2.35. The Morgan fingerprint density at radius 1 is 1.08 bits per heavy atom.